The maximum atomic E-state index is 10.8. The second kappa shape index (κ2) is 4.47. The lowest BCUT2D eigenvalue weighted by atomic mass is 9.81. The number of hydrogen-bond acceptors (Lipinski definition) is 6. The van der Waals surface area contributed by atoms with Crippen LogP contribution in [0, 0.1) is 5.92 Å². The average molecular weight is 258 g/mol. The Bertz CT molecular complexity index is 343. The largest absolute Gasteiger partial charge is 0.495 e. The number of fused-ring (bicyclic) bond motifs is 1. The van der Waals surface area contributed by atoms with Gasteiger partial charge in [0.1, 0.15) is 44.1 Å². The van der Waals surface area contributed by atoms with Crippen molar-refractivity contribution in [3.63, 3.8) is 0 Å². The van der Waals surface area contributed by atoms with Crippen LogP contribution in [0.4, 0.5) is 0 Å². The molecule has 0 aromatic carbocycles. The van der Waals surface area contributed by atoms with Gasteiger partial charge >= 0.3 is 0 Å². The van der Waals surface area contributed by atoms with Gasteiger partial charge in [0.2, 0.25) is 0 Å². The zero-order chi connectivity index (χ0) is 12.8. The monoisotopic (exact) mass is 258 g/mol. The molecule has 3 saturated heterocycles. The third-order valence-corrected chi connectivity index (χ3v) is 4.03. The van der Waals surface area contributed by atoms with Crippen molar-refractivity contribution in [2.75, 3.05) is 26.8 Å². The molecule has 0 radical (unpaired) electrons. The molecule has 0 saturated carbocycles. The third-order valence-electron chi connectivity index (χ3n) is 4.03. The fourth-order valence-electron chi connectivity index (χ4n) is 2.71. The summed E-state index contributed by atoms with van der Waals surface area (Å²) in [4.78, 5) is 0. The van der Waals surface area contributed by atoms with Crippen molar-refractivity contribution in [2.45, 2.75) is 30.8 Å². The van der Waals surface area contributed by atoms with Crippen LogP contribution in [-0.4, -0.2) is 55.8 Å². The zero-order valence-corrected chi connectivity index (χ0v) is 10.3. The number of ether oxygens (including phenoxy) is 5. The highest BCUT2D eigenvalue weighted by molar-refractivity contribution is 5.12. The first-order valence-electron chi connectivity index (χ1n) is 6.09. The van der Waals surface area contributed by atoms with Crippen LogP contribution in [0.15, 0.2) is 12.3 Å². The molecule has 18 heavy (non-hydrogen) atoms. The second-order valence-corrected chi connectivity index (χ2v) is 5.00. The number of aliphatic hydroxyl groups is 1. The van der Waals surface area contributed by atoms with Gasteiger partial charge in [-0.15, -0.1) is 0 Å². The summed E-state index contributed by atoms with van der Waals surface area (Å²) in [7, 11) is 0. The lowest BCUT2D eigenvalue weighted by Gasteiger charge is -2.45. The highest BCUT2D eigenvalue weighted by atomic mass is 16.8. The molecule has 0 bridgehead atoms. The first-order valence-corrected chi connectivity index (χ1v) is 6.09. The third kappa shape index (κ3) is 1.76. The van der Waals surface area contributed by atoms with Gasteiger partial charge in [-0.25, -0.2) is 0 Å². The fraction of sp³-hybridized carbons (Fsp3) is 0.833. The van der Waals surface area contributed by atoms with Crippen molar-refractivity contribution in [3.05, 3.63) is 12.3 Å². The van der Waals surface area contributed by atoms with Crippen LogP contribution in [-0.2, 0) is 23.7 Å². The molecule has 3 heterocycles. The van der Waals surface area contributed by atoms with Gasteiger partial charge in [-0.3, -0.25) is 0 Å². The molecular weight excluding hydrogens is 240 g/mol. The summed E-state index contributed by atoms with van der Waals surface area (Å²) in [5.74, 6) is 0.379. The van der Waals surface area contributed by atoms with E-state index in [1.54, 1.807) is 0 Å². The molecule has 0 spiro atoms. The Morgan fingerprint density at radius 3 is 2.83 bits per heavy atom. The Morgan fingerprint density at radius 2 is 2.11 bits per heavy atom. The van der Waals surface area contributed by atoms with Crippen LogP contribution in [0.2, 0.25) is 0 Å². The molecule has 0 aromatic rings. The smallest absolute Gasteiger partial charge is 0.148 e. The molecule has 3 aliphatic heterocycles. The molecule has 1 N–H and O–H groups in total. The van der Waals surface area contributed by atoms with E-state index in [1.807, 2.05) is 6.92 Å². The van der Waals surface area contributed by atoms with E-state index in [-0.39, 0.29) is 38.3 Å². The summed E-state index contributed by atoms with van der Waals surface area (Å²) in [5, 5.41) is 10.8. The van der Waals surface area contributed by atoms with Gasteiger partial charge in [-0.2, -0.15) is 0 Å². The Balaban J connectivity index is 1.83. The average Bonchev–Trinajstić information content (AvgIpc) is 2.67. The standard InChI is InChI=1S/C12H18O6/c1-7-8(2)15-4-12(7,13)11-10-9(16-6-18-11)3-14-5-17-10/h7,9-11,13H,2-6H2,1H3/t7-,9?,10-,11+,12+/m1/s1. The molecule has 3 aliphatic rings. The maximum Gasteiger partial charge on any atom is 0.148 e. The molecule has 0 amide bonds. The van der Waals surface area contributed by atoms with Crippen LogP contribution >= 0.6 is 0 Å². The minimum atomic E-state index is -1.12. The predicted octanol–water partition coefficient (Wildman–Crippen LogP) is 0.0119. The Hall–Kier alpha value is -0.660. The molecule has 1 unspecified atom stereocenters. The molecule has 102 valence electrons. The van der Waals surface area contributed by atoms with Crippen molar-refractivity contribution >= 4 is 0 Å². The maximum absolute atomic E-state index is 10.8. The van der Waals surface area contributed by atoms with Gasteiger partial charge in [0.15, 0.2) is 0 Å². The van der Waals surface area contributed by atoms with Crippen LogP contribution < -0.4 is 0 Å². The van der Waals surface area contributed by atoms with Crippen molar-refractivity contribution in [2.24, 2.45) is 5.92 Å². The van der Waals surface area contributed by atoms with Crippen LogP contribution in [0.1, 0.15) is 6.92 Å². The lowest BCUT2D eigenvalue weighted by molar-refractivity contribution is -0.329. The quantitative estimate of drug-likeness (QED) is 0.715. The minimum Gasteiger partial charge on any atom is -0.495 e. The highest BCUT2D eigenvalue weighted by Gasteiger charge is 2.56. The van der Waals surface area contributed by atoms with Crippen LogP contribution in [0.5, 0.6) is 0 Å². The summed E-state index contributed by atoms with van der Waals surface area (Å²) in [6.07, 6.45) is -1.04. The summed E-state index contributed by atoms with van der Waals surface area (Å²) in [5.41, 5.74) is -1.12. The van der Waals surface area contributed by atoms with Crippen molar-refractivity contribution < 1.29 is 28.8 Å². The van der Waals surface area contributed by atoms with Crippen LogP contribution in [0.3, 0.4) is 0 Å². The predicted molar refractivity (Wildman–Crippen MR) is 59.5 cm³/mol. The van der Waals surface area contributed by atoms with Crippen molar-refractivity contribution in [3.8, 4) is 0 Å². The van der Waals surface area contributed by atoms with Gasteiger partial charge in [-0.1, -0.05) is 13.5 Å². The SMILES string of the molecule is C=C1OC[C@@](O)([C@H]2OCOC3COCO[C@H]32)[C@@H]1C. The van der Waals surface area contributed by atoms with Gasteiger partial charge in [-0.05, 0) is 0 Å². The van der Waals surface area contributed by atoms with Crippen LogP contribution in [0.25, 0.3) is 0 Å². The van der Waals surface area contributed by atoms with Gasteiger partial charge in [0, 0.05) is 5.92 Å². The molecule has 5 atom stereocenters. The van der Waals surface area contributed by atoms with E-state index in [0.717, 1.165) is 0 Å². The number of hydrogen-bond donors (Lipinski definition) is 1. The summed E-state index contributed by atoms with van der Waals surface area (Å²) < 4.78 is 27.1. The van der Waals surface area contributed by atoms with E-state index in [1.165, 1.54) is 0 Å². The topological polar surface area (TPSA) is 66.4 Å². The van der Waals surface area contributed by atoms with Gasteiger partial charge in [0.05, 0.1) is 12.4 Å². The summed E-state index contributed by atoms with van der Waals surface area (Å²) >= 11 is 0. The van der Waals surface area contributed by atoms with E-state index < -0.39 is 11.7 Å². The lowest BCUT2D eigenvalue weighted by Crippen LogP contribution is -2.63. The Labute approximate surface area is 105 Å². The first-order chi connectivity index (χ1) is 8.63. The molecule has 6 nitrogen and oxygen atoms in total. The molecule has 0 aromatic heterocycles. The fourth-order valence-corrected chi connectivity index (χ4v) is 2.71. The Morgan fingerprint density at radius 1 is 1.28 bits per heavy atom. The second-order valence-electron chi connectivity index (χ2n) is 5.00. The molecule has 6 heteroatoms. The normalized spacial score (nSPS) is 48.7. The summed E-state index contributed by atoms with van der Waals surface area (Å²) in [6, 6.07) is 0. The molecule has 3 fully saturated rings. The number of rotatable bonds is 1. The summed E-state index contributed by atoms with van der Waals surface area (Å²) in [6.45, 7) is 6.62. The van der Waals surface area contributed by atoms with Crippen molar-refractivity contribution in [1.29, 1.82) is 0 Å². The minimum absolute atomic E-state index is 0.125. The zero-order valence-electron chi connectivity index (χ0n) is 10.3. The van der Waals surface area contributed by atoms with E-state index >= 15 is 0 Å². The first kappa shape index (κ1) is 12.4. The van der Waals surface area contributed by atoms with Crippen molar-refractivity contribution in [1.82, 2.24) is 0 Å². The highest BCUT2D eigenvalue weighted by Crippen LogP contribution is 2.40. The molecule has 3 rings (SSSR count). The van der Waals surface area contributed by atoms with Gasteiger partial charge < -0.3 is 28.8 Å². The Kier molecular flexibility index (Phi) is 3.07. The van der Waals surface area contributed by atoms with Gasteiger partial charge in [0.25, 0.3) is 0 Å². The molecule has 0 aliphatic carbocycles. The molecular formula is C12H18O6. The van der Waals surface area contributed by atoms with E-state index in [2.05, 4.69) is 6.58 Å². The van der Waals surface area contributed by atoms with E-state index in [0.29, 0.717) is 12.4 Å². The van der Waals surface area contributed by atoms with E-state index in [9.17, 15) is 5.11 Å². The van der Waals surface area contributed by atoms with E-state index in [4.69, 9.17) is 23.7 Å².